The van der Waals surface area contributed by atoms with Crippen LogP contribution < -0.4 is 15.4 Å². The summed E-state index contributed by atoms with van der Waals surface area (Å²) in [5.41, 5.74) is 2.50. The predicted molar refractivity (Wildman–Crippen MR) is 112 cm³/mol. The van der Waals surface area contributed by atoms with Crippen LogP contribution in [0.3, 0.4) is 0 Å². The summed E-state index contributed by atoms with van der Waals surface area (Å²) in [7, 11) is 1.59. The van der Waals surface area contributed by atoms with E-state index in [0.717, 1.165) is 36.3 Å². The Morgan fingerprint density at radius 2 is 1.86 bits per heavy atom. The Kier molecular flexibility index (Phi) is 7.03. The molecule has 2 amide bonds. The number of nitrogens with one attached hydrogen (secondary N) is 2. The number of methoxy groups -OCH3 is 1. The monoisotopic (exact) mass is 394 g/mol. The van der Waals surface area contributed by atoms with Gasteiger partial charge in [0.15, 0.2) is 0 Å². The number of amides is 2. The van der Waals surface area contributed by atoms with Gasteiger partial charge in [-0.3, -0.25) is 9.59 Å². The van der Waals surface area contributed by atoms with Crippen molar-refractivity contribution < 1.29 is 19.1 Å². The van der Waals surface area contributed by atoms with Crippen LogP contribution in [-0.2, 0) is 9.53 Å². The molecule has 2 N–H and O–H groups in total. The van der Waals surface area contributed by atoms with Gasteiger partial charge in [-0.1, -0.05) is 29.8 Å². The molecule has 0 saturated carbocycles. The first-order chi connectivity index (χ1) is 14.0. The minimum absolute atomic E-state index is 0.0222. The van der Waals surface area contributed by atoms with E-state index in [1.165, 1.54) is 0 Å². The second-order valence-electron chi connectivity index (χ2n) is 7.00. The number of carbonyl (C=O) groups is 2. The molecule has 1 aliphatic heterocycles. The van der Waals surface area contributed by atoms with Gasteiger partial charge >= 0.3 is 0 Å². The SMILES string of the molecule is COc1ccc(C=C(NC(=O)c2ccc(C)cc2)C(=O)NCC2CCCO2)cc1. The van der Waals surface area contributed by atoms with Crippen molar-refractivity contribution in [3.8, 4) is 5.75 Å². The van der Waals surface area contributed by atoms with Gasteiger partial charge in [0.05, 0.1) is 13.2 Å². The van der Waals surface area contributed by atoms with Crippen LogP contribution in [0.5, 0.6) is 5.75 Å². The quantitative estimate of drug-likeness (QED) is 0.708. The van der Waals surface area contributed by atoms with Crippen molar-refractivity contribution >= 4 is 17.9 Å². The number of rotatable bonds is 7. The molecule has 3 rings (SSSR count). The lowest BCUT2D eigenvalue weighted by Crippen LogP contribution is -2.38. The van der Waals surface area contributed by atoms with Crippen molar-refractivity contribution in [3.63, 3.8) is 0 Å². The molecule has 1 aliphatic rings. The number of benzene rings is 2. The molecule has 1 saturated heterocycles. The van der Waals surface area contributed by atoms with Crippen LogP contribution in [0.1, 0.15) is 34.3 Å². The number of aryl methyl sites for hydroxylation is 1. The van der Waals surface area contributed by atoms with Gasteiger partial charge in [0.1, 0.15) is 11.4 Å². The highest BCUT2D eigenvalue weighted by Gasteiger charge is 2.19. The standard InChI is InChI=1S/C23H26N2O4/c1-16-5-9-18(10-6-16)22(26)25-21(14-17-7-11-19(28-2)12-8-17)23(27)24-15-20-4-3-13-29-20/h5-12,14,20H,3-4,13,15H2,1-2H3,(H,24,27)(H,25,26). The molecule has 0 radical (unpaired) electrons. The lowest BCUT2D eigenvalue weighted by Gasteiger charge is -2.14. The maximum Gasteiger partial charge on any atom is 0.267 e. The molecule has 0 spiro atoms. The molecule has 0 aliphatic carbocycles. The summed E-state index contributed by atoms with van der Waals surface area (Å²) in [5.74, 6) is 0.0315. The fourth-order valence-electron chi connectivity index (χ4n) is 3.03. The molecular formula is C23H26N2O4. The number of hydrogen-bond acceptors (Lipinski definition) is 4. The van der Waals surface area contributed by atoms with Crippen molar-refractivity contribution in [2.24, 2.45) is 0 Å². The van der Waals surface area contributed by atoms with E-state index in [9.17, 15) is 9.59 Å². The van der Waals surface area contributed by atoms with Gasteiger partial charge < -0.3 is 20.1 Å². The Hall–Kier alpha value is -3.12. The zero-order valence-electron chi connectivity index (χ0n) is 16.7. The Morgan fingerprint density at radius 1 is 1.14 bits per heavy atom. The minimum Gasteiger partial charge on any atom is -0.497 e. The van der Waals surface area contributed by atoms with Crippen molar-refractivity contribution in [2.45, 2.75) is 25.9 Å². The minimum atomic E-state index is -0.350. The van der Waals surface area contributed by atoms with Crippen LogP contribution in [0.25, 0.3) is 6.08 Å². The van der Waals surface area contributed by atoms with E-state index in [1.54, 1.807) is 37.5 Å². The van der Waals surface area contributed by atoms with Gasteiger partial charge in [0.25, 0.3) is 11.8 Å². The summed E-state index contributed by atoms with van der Waals surface area (Å²) >= 11 is 0. The van der Waals surface area contributed by atoms with E-state index in [4.69, 9.17) is 9.47 Å². The number of ether oxygens (including phenoxy) is 2. The Bertz CT molecular complexity index is 867. The van der Waals surface area contributed by atoms with Crippen LogP contribution in [0.2, 0.25) is 0 Å². The zero-order valence-corrected chi connectivity index (χ0v) is 16.7. The molecule has 6 nitrogen and oxygen atoms in total. The number of carbonyl (C=O) groups excluding carboxylic acids is 2. The third kappa shape index (κ3) is 5.93. The van der Waals surface area contributed by atoms with Gasteiger partial charge in [-0.15, -0.1) is 0 Å². The number of hydrogen-bond donors (Lipinski definition) is 2. The third-order valence-electron chi connectivity index (χ3n) is 4.75. The van der Waals surface area contributed by atoms with Crippen molar-refractivity contribution in [3.05, 3.63) is 70.9 Å². The van der Waals surface area contributed by atoms with Crippen LogP contribution >= 0.6 is 0 Å². The van der Waals surface area contributed by atoms with E-state index in [2.05, 4.69) is 10.6 Å². The van der Waals surface area contributed by atoms with E-state index >= 15 is 0 Å². The van der Waals surface area contributed by atoms with Gasteiger partial charge in [-0.05, 0) is 55.7 Å². The fourth-order valence-corrected chi connectivity index (χ4v) is 3.03. The van der Waals surface area contributed by atoms with Crippen molar-refractivity contribution in [1.29, 1.82) is 0 Å². The largest absolute Gasteiger partial charge is 0.497 e. The van der Waals surface area contributed by atoms with Gasteiger partial charge in [0, 0.05) is 18.7 Å². The molecule has 2 aromatic rings. The second-order valence-corrected chi connectivity index (χ2v) is 7.00. The molecule has 152 valence electrons. The maximum atomic E-state index is 12.8. The van der Waals surface area contributed by atoms with Crippen LogP contribution in [0.4, 0.5) is 0 Å². The molecule has 1 heterocycles. The van der Waals surface area contributed by atoms with Gasteiger partial charge in [-0.25, -0.2) is 0 Å². The summed E-state index contributed by atoms with van der Waals surface area (Å²) in [6.07, 6.45) is 3.59. The topological polar surface area (TPSA) is 76.7 Å². The molecule has 1 fully saturated rings. The van der Waals surface area contributed by atoms with Crippen LogP contribution in [0, 0.1) is 6.92 Å². The first kappa shape index (κ1) is 20.6. The highest BCUT2D eigenvalue weighted by molar-refractivity contribution is 6.05. The second kappa shape index (κ2) is 9.89. The van der Waals surface area contributed by atoms with E-state index in [1.807, 2.05) is 31.2 Å². The Balaban J connectivity index is 1.77. The van der Waals surface area contributed by atoms with Crippen LogP contribution in [-0.4, -0.2) is 38.2 Å². The van der Waals surface area contributed by atoms with Crippen molar-refractivity contribution in [1.82, 2.24) is 10.6 Å². The van der Waals surface area contributed by atoms with Crippen molar-refractivity contribution in [2.75, 3.05) is 20.3 Å². The first-order valence-electron chi connectivity index (χ1n) is 9.69. The maximum absolute atomic E-state index is 12.8. The average Bonchev–Trinajstić information content (AvgIpc) is 3.26. The lowest BCUT2D eigenvalue weighted by molar-refractivity contribution is -0.118. The van der Waals surface area contributed by atoms with Crippen LogP contribution in [0.15, 0.2) is 54.2 Å². The zero-order chi connectivity index (χ0) is 20.6. The Labute approximate surface area is 170 Å². The van der Waals surface area contributed by atoms with E-state index in [-0.39, 0.29) is 23.6 Å². The molecule has 6 heteroatoms. The van der Waals surface area contributed by atoms with Gasteiger partial charge in [0.2, 0.25) is 0 Å². The third-order valence-corrected chi connectivity index (χ3v) is 4.75. The normalized spacial score (nSPS) is 16.3. The Morgan fingerprint density at radius 3 is 2.48 bits per heavy atom. The average molecular weight is 394 g/mol. The smallest absolute Gasteiger partial charge is 0.267 e. The molecular weight excluding hydrogens is 368 g/mol. The van der Waals surface area contributed by atoms with E-state index in [0.29, 0.717) is 12.1 Å². The highest BCUT2D eigenvalue weighted by Crippen LogP contribution is 2.15. The molecule has 1 atom stereocenters. The fraction of sp³-hybridized carbons (Fsp3) is 0.304. The van der Waals surface area contributed by atoms with Gasteiger partial charge in [-0.2, -0.15) is 0 Å². The molecule has 0 bridgehead atoms. The highest BCUT2D eigenvalue weighted by atomic mass is 16.5. The summed E-state index contributed by atoms with van der Waals surface area (Å²) in [6, 6.07) is 14.4. The lowest BCUT2D eigenvalue weighted by atomic mass is 10.1. The first-order valence-corrected chi connectivity index (χ1v) is 9.69. The summed E-state index contributed by atoms with van der Waals surface area (Å²) in [6.45, 7) is 3.09. The summed E-state index contributed by atoms with van der Waals surface area (Å²) < 4.78 is 10.7. The summed E-state index contributed by atoms with van der Waals surface area (Å²) in [5, 5.41) is 5.60. The molecule has 1 unspecified atom stereocenters. The molecule has 0 aromatic heterocycles. The molecule has 29 heavy (non-hydrogen) atoms. The molecule has 2 aromatic carbocycles. The van der Waals surface area contributed by atoms with E-state index < -0.39 is 0 Å². The predicted octanol–water partition coefficient (Wildman–Crippen LogP) is 3.07. The summed E-state index contributed by atoms with van der Waals surface area (Å²) in [4.78, 5) is 25.4.